The topological polar surface area (TPSA) is 41.1 Å². The number of amides is 1. The largest absolute Gasteiger partial charge is 0.375 e. The van der Waals surface area contributed by atoms with Crippen LogP contribution in [0.3, 0.4) is 0 Å². The first-order valence-corrected chi connectivity index (χ1v) is 7.35. The van der Waals surface area contributed by atoms with E-state index in [0.717, 1.165) is 5.56 Å². The van der Waals surface area contributed by atoms with Gasteiger partial charge in [0, 0.05) is 10.7 Å². The van der Waals surface area contributed by atoms with E-state index in [1.807, 2.05) is 6.92 Å². The summed E-state index contributed by atoms with van der Waals surface area (Å²) in [5, 5.41) is 7.18. The lowest BCUT2D eigenvalue weighted by Crippen LogP contribution is -2.22. The maximum absolute atomic E-state index is 12.0. The van der Waals surface area contributed by atoms with Crippen molar-refractivity contribution in [3.05, 3.63) is 57.0 Å². The Morgan fingerprint density at radius 2 is 1.62 bits per heavy atom. The number of carbonyl (C=O) groups excluding carboxylic acids is 1. The standard InChI is InChI=1S/C15H13Cl3N2O/c1-9-10(16)4-2-6-12(9)20-14(21)8-19-13-7-3-5-11(17)15(13)18/h2-7,19H,8H2,1H3,(H,20,21). The fraction of sp³-hybridized carbons (Fsp3) is 0.133. The highest BCUT2D eigenvalue weighted by atomic mass is 35.5. The Morgan fingerprint density at radius 3 is 2.33 bits per heavy atom. The summed E-state index contributed by atoms with van der Waals surface area (Å²) in [5.74, 6) is -0.198. The van der Waals surface area contributed by atoms with Crippen molar-refractivity contribution < 1.29 is 4.79 Å². The Morgan fingerprint density at radius 1 is 1.00 bits per heavy atom. The predicted octanol–water partition coefficient (Wildman–Crippen LogP) is 5.01. The molecule has 110 valence electrons. The summed E-state index contributed by atoms with van der Waals surface area (Å²) in [6.07, 6.45) is 0. The molecule has 0 aliphatic heterocycles. The molecular weight excluding hydrogens is 331 g/mol. The molecule has 0 aromatic heterocycles. The van der Waals surface area contributed by atoms with Crippen molar-refractivity contribution in [3.8, 4) is 0 Å². The Hall–Kier alpha value is -1.42. The van der Waals surface area contributed by atoms with Crippen LogP contribution in [-0.2, 0) is 4.79 Å². The van der Waals surface area contributed by atoms with Crippen LogP contribution in [0.1, 0.15) is 5.56 Å². The van der Waals surface area contributed by atoms with Crippen LogP contribution in [0.5, 0.6) is 0 Å². The lowest BCUT2D eigenvalue weighted by molar-refractivity contribution is -0.114. The molecule has 0 spiro atoms. The van der Waals surface area contributed by atoms with Crippen LogP contribution in [0.2, 0.25) is 15.1 Å². The fourth-order valence-electron chi connectivity index (χ4n) is 1.75. The minimum atomic E-state index is -0.198. The summed E-state index contributed by atoms with van der Waals surface area (Å²) in [7, 11) is 0. The molecule has 2 aromatic carbocycles. The van der Waals surface area contributed by atoms with E-state index in [2.05, 4.69) is 10.6 Å². The molecule has 21 heavy (non-hydrogen) atoms. The van der Waals surface area contributed by atoms with Crippen LogP contribution in [0, 0.1) is 6.92 Å². The third kappa shape index (κ3) is 4.03. The molecular formula is C15H13Cl3N2O. The summed E-state index contributed by atoms with van der Waals surface area (Å²) in [6, 6.07) is 10.6. The maximum Gasteiger partial charge on any atom is 0.243 e. The van der Waals surface area contributed by atoms with E-state index in [4.69, 9.17) is 34.8 Å². The molecule has 6 heteroatoms. The first-order valence-electron chi connectivity index (χ1n) is 6.22. The molecule has 0 saturated heterocycles. The van der Waals surface area contributed by atoms with Crippen molar-refractivity contribution in [3.63, 3.8) is 0 Å². The smallest absolute Gasteiger partial charge is 0.243 e. The summed E-state index contributed by atoms with van der Waals surface area (Å²) in [5.41, 5.74) is 2.13. The summed E-state index contributed by atoms with van der Waals surface area (Å²) in [4.78, 5) is 12.0. The molecule has 0 radical (unpaired) electrons. The predicted molar refractivity (Wildman–Crippen MR) is 89.8 cm³/mol. The van der Waals surface area contributed by atoms with E-state index in [1.165, 1.54) is 0 Å². The Labute approximate surface area is 138 Å². The minimum Gasteiger partial charge on any atom is -0.375 e. The SMILES string of the molecule is Cc1c(Cl)cccc1NC(=O)CNc1cccc(Cl)c1Cl. The van der Waals surface area contributed by atoms with Gasteiger partial charge in [-0.25, -0.2) is 0 Å². The van der Waals surface area contributed by atoms with E-state index < -0.39 is 0 Å². The summed E-state index contributed by atoms with van der Waals surface area (Å²) >= 11 is 18.0. The Balaban J connectivity index is 1.99. The molecule has 3 nitrogen and oxygen atoms in total. The van der Waals surface area contributed by atoms with Crippen molar-refractivity contribution in [2.24, 2.45) is 0 Å². The number of rotatable bonds is 4. The lowest BCUT2D eigenvalue weighted by atomic mass is 10.2. The van der Waals surface area contributed by atoms with Gasteiger partial charge in [-0.3, -0.25) is 4.79 Å². The van der Waals surface area contributed by atoms with Gasteiger partial charge >= 0.3 is 0 Å². The monoisotopic (exact) mass is 342 g/mol. The highest BCUT2D eigenvalue weighted by Gasteiger charge is 2.08. The van der Waals surface area contributed by atoms with Gasteiger partial charge in [0.05, 0.1) is 22.3 Å². The molecule has 0 bridgehead atoms. The van der Waals surface area contributed by atoms with Gasteiger partial charge in [-0.1, -0.05) is 46.9 Å². The second kappa shape index (κ2) is 7.03. The number of hydrogen-bond acceptors (Lipinski definition) is 2. The van der Waals surface area contributed by atoms with E-state index >= 15 is 0 Å². The van der Waals surface area contributed by atoms with Crippen molar-refractivity contribution >= 4 is 52.1 Å². The van der Waals surface area contributed by atoms with Crippen molar-refractivity contribution in [2.45, 2.75) is 6.92 Å². The number of nitrogens with one attached hydrogen (secondary N) is 2. The zero-order valence-electron chi connectivity index (χ0n) is 11.2. The molecule has 2 rings (SSSR count). The zero-order chi connectivity index (χ0) is 15.4. The number of carbonyl (C=O) groups is 1. The molecule has 2 aromatic rings. The molecule has 0 atom stereocenters. The third-order valence-corrected chi connectivity index (χ3v) is 4.16. The van der Waals surface area contributed by atoms with E-state index in [0.29, 0.717) is 26.4 Å². The number of halogens is 3. The highest BCUT2D eigenvalue weighted by Crippen LogP contribution is 2.29. The van der Waals surface area contributed by atoms with Crippen LogP contribution in [-0.4, -0.2) is 12.5 Å². The van der Waals surface area contributed by atoms with Crippen LogP contribution >= 0.6 is 34.8 Å². The molecule has 0 aliphatic carbocycles. The van der Waals surface area contributed by atoms with Gasteiger partial charge in [0.2, 0.25) is 5.91 Å². The first kappa shape index (κ1) is 16.0. The van der Waals surface area contributed by atoms with E-state index in [-0.39, 0.29) is 12.5 Å². The van der Waals surface area contributed by atoms with Gasteiger partial charge in [-0.2, -0.15) is 0 Å². The van der Waals surface area contributed by atoms with E-state index in [9.17, 15) is 4.79 Å². The van der Waals surface area contributed by atoms with E-state index in [1.54, 1.807) is 36.4 Å². The van der Waals surface area contributed by atoms with Gasteiger partial charge in [0.25, 0.3) is 0 Å². The average Bonchev–Trinajstić information content (AvgIpc) is 2.45. The second-order valence-electron chi connectivity index (χ2n) is 4.42. The molecule has 1 amide bonds. The molecule has 2 N–H and O–H groups in total. The number of anilines is 2. The molecule has 0 fully saturated rings. The highest BCUT2D eigenvalue weighted by molar-refractivity contribution is 6.43. The van der Waals surface area contributed by atoms with Gasteiger partial charge < -0.3 is 10.6 Å². The fourth-order valence-corrected chi connectivity index (χ4v) is 2.29. The molecule has 0 unspecified atom stereocenters. The van der Waals surface area contributed by atoms with Gasteiger partial charge in [0.15, 0.2) is 0 Å². The first-order chi connectivity index (χ1) is 9.99. The van der Waals surface area contributed by atoms with Gasteiger partial charge in [-0.15, -0.1) is 0 Å². The van der Waals surface area contributed by atoms with Crippen molar-refractivity contribution in [1.82, 2.24) is 0 Å². The summed E-state index contributed by atoms with van der Waals surface area (Å²) in [6.45, 7) is 1.92. The molecule has 0 saturated carbocycles. The van der Waals surface area contributed by atoms with Crippen LogP contribution in [0.25, 0.3) is 0 Å². The Kier molecular flexibility index (Phi) is 5.34. The third-order valence-electron chi connectivity index (χ3n) is 2.93. The zero-order valence-corrected chi connectivity index (χ0v) is 13.5. The van der Waals surface area contributed by atoms with Gasteiger partial charge in [-0.05, 0) is 36.8 Å². The van der Waals surface area contributed by atoms with Crippen molar-refractivity contribution in [2.75, 3.05) is 17.2 Å². The lowest BCUT2D eigenvalue weighted by Gasteiger charge is -2.11. The summed E-state index contributed by atoms with van der Waals surface area (Å²) < 4.78 is 0. The maximum atomic E-state index is 12.0. The molecule has 0 heterocycles. The Bertz CT molecular complexity index is 674. The normalized spacial score (nSPS) is 10.3. The minimum absolute atomic E-state index is 0.0754. The molecule has 0 aliphatic rings. The van der Waals surface area contributed by atoms with Crippen molar-refractivity contribution in [1.29, 1.82) is 0 Å². The van der Waals surface area contributed by atoms with Crippen LogP contribution in [0.4, 0.5) is 11.4 Å². The number of benzene rings is 2. The van der Waals surface area contributed by atoms with Gasteiger partial charge in [0.1, 0.15) is 0 Å². The quantitative estimate of drug-likeness (QED) is 0.819. The van der Waals surface area contributed by atoms with Crippen LogP contribution < -0.4 is 10.6 Å². The number of hydrogen-bond donors (Lipinski definition) is 2. The second-order valence-corrected chi connectivity index (χ2v) is 5.61. The van der Waals surface area contributed by atoms with Crippen LogP contribution in [0.15, 0.2) is 36.4 Å². The average molecular weight is 344 g/mol.